The van der Waals surface area contributed by atoms with Crippen molar-refractivity contribution in [2.75, 3.05) is 20.2 Å². The van der Waals surface area contributed by atoms with E-state index in [1.165, 1.54) is 25.7 Å². The average Bonchev–Trinajstić information content (AvgIpc) is 2.53. The summed E-state index contributed by atoms with van der Waals surface area (Å²) >= 11 is 0. The predicted octanol–water partition coefficient (Wildman–Crippen LogP) is 1.80. The van der Waals surface area contributed by atoms with Crippen LogP contribution in [0.4, 0.5) is 0 Å². The van der Waals surface area contributed by atoms with Crippen LogP contribution >= 0.6 is 0 Å². The minimum Gasteiger partial charge on any atom is -0.377 e. The van der Waals surface area contributed by atoms with Gasteiger partial charge < -0.3 is 10.1 Å². The first kappa shape index (κ1) is 10.0. The SMILES string of the molecule is CNCC(C)OCC1CCCC1. The molecule has 1 unspecified atom stereocenters. The van der Waals surface area contributed by atoms with E-state index in [1.807, 2.05) is 7.05 Å². The summed E-state index contributed by atoms with van der Waals surface area (Å²) in [7, 11) is 1.97. The summed E-state index contributed by atoms with van der Waals surface area (Å²) in [6, 6.07) is 0. The number of rotatable bonds is 5. The first-order valence-corrected chi connectivity index (χ1v) is 5.09. The Labute approximate surface area is 75.7 Å². The number of nitrogens with one attached hydrogen (secondary N) is 1. The highest BCUT2D eigenvalue weighted by Crippen LogP contribution is 2.24. The van der Waals surface area contributed by atoms with Gasteiger partial charge in [-0.05, 0) is 32.7 Å². The topological polar surface area (TPSA) is 21.3 Å². The number of hydrogen-bond donors (Lipinski definition) is 1. The lowest BCUT2D eigenvalue weighted by Gasteiger charge is -2.15. The maximum atomic E-state index is 5.70. The van der Waals surface area contributed by atoms with Crippen LogP contribution < -0.4 is 5.32 Å². The standard InChI is InChI=1S/C10H21NO/c1-9(7-11-2)12-8-10-5-3-4-6-10/h9-11H,3-8H2,1-2H3. The Kier molecular flexibility index (Phi) is 4.62. The van der Waals surface area contributed by atoms with Gasteiger partial charge in [0.25, 0.3) is 0 Å². The zero-order chi connectivity index (χ0) is 8.81. The van der Waals surface area contributed by atoms with E-state index < -0.39 is 0 Å². The van der Waals surface area contributed by atoms with E-state index >= 15 is 0 Å². The molecule has 1 aliphatic carbocycles. The fourth-order valence-corrected chi connectivity index (χ4v) is 1.82. The van der Waals surface area contributed by atoms with Crippen LogP contribution in [0.3, 0.4) is 0 Å². The Morgan fingerprint density at radius 1 is 1.42 bits per heavy atom. The second-order valence-electron chi connectivity index (χ2n) is 3.85. The Hall–Kier alpha value is -0.0800. The molecule has 0 aromatic heterocycles. The lowest BCUT2D eigenvalue weighted by Crippen LogP contribution is -2.25. The van der Waals surface area contributed by atoms with Gasteiger partial charge in [0.1, 0.15) is 0 Å². The Morgan fingerprint density at radius 2 is 2.08 bits per heavy atom. The first-order valence-electron chi connectivity index (χ1n) is 5.09. The molecule has 2 heteroatoms. The zero-order valence-electron chi connectivity index (χ0n) is 8.31. The fraction of sp³-hybridized carbons (Fsp3) is 1.00. The third-order valence-electron chi connectivity index (χ3n) is 2.58. The van der Waals surface area contributed by atoms with Crippen LogP contribution in [0.15, 0.2) is 0 Å². The highest BCUT2D eigenvalue weighted by molar-refractivity contribution is 4.67. The second-order valence-corrected chi connectivity index (χ2v) is 3.85. The molecule has 72 valence electrons. The van der Waals surface area contributed by atoms with Gasteiger partial charge in [-0.2, -0.15) is 0 Å². The van der Waals surface area contributed by atoms with E-state index in [2.05, 4.69) is 12.2 Å². The monoisotopic (exact) mass is 171 g/mol. The molecule has 1 rings (SSSR count). The van der Waals surface area contributed by atoms with Gasteiger partial charge in [-0.1, -0.05) is 12.8 Å². The first-order chi connectivity index (χ1) is 5.83. The second kappa shape index (κ2) is 5.55. The molecule has 2 nitrogen and oxygen atoms in total. The van der Waals surface area contributed by atoms with E-state index in [1.54, 1.807) is 0 Å². The smallest absolute Gasteiger partial charge is 0.0671 e. The molecule has 0 radical (unpaired) electrons. The van der Waals surface area contributed by atoms with Gasteiger partial charge in [0.2, 0.25) is 0 Å². The molecule has 0 aromatic carbocycles. The lowest BCUT2D eigenvalue weighted by molar-refractivity contribution is 0.0429. The normalized spacial score (nSPS) is 21.5. The molecule has 0 aromatic rings. The van der Waals surface area contributed by atoms with E-state index in [-0.39, 0.29) is 0 Å². The molecule has 0 bridgehead atoms. The molecule has 0 aliphatic heterocycles. The van der Waals surface area contributed by atoms with E-state index in [0.717, 1.165) is 19.1 Å². The van der Waals surface area contributed by atoms with Crippen LogP contribution in [-0.4, -0.2) is 26.3 Å². The Bertz CT molecular complexity index is 110. The van der Waals surface area contributed by atoms with Crippen molar-refractivity contribution >= 4 is 0 Å². The van der Waals surface area contributed by atoms with Crippen LogP contribution in [0.1, 0.15) is 32.6 Å². The number of hydrogen-bond acceptors (Lipinski definition) is 2. The van der Waals surface area contributed by atoms with Crippen molar-refractivity contribution in [1.82, 2.24) is 5.32 Å². The van der Waals surface area contributed by atoms with Crippen LogP contribution in [0.2, 0.25) is 0 Å². The predicted molar refractivity (Wildman–Crippen MR) is 51.3 cm³/mol. The van der Waals surface area contributed by atoms with Gasteiger partial charge in [-0.25, -0.2) is 0 Å². The summed E-state index contributed by atoms with van der Waals surface area (Å²) in [5.41, 5.74) is 0. The lowest BCUT2D eigenvalue weighted by atomic mass is 10.1. The van der Waals surface area contributed by atoms with Gasteiger partial charge in [0, 0.05) is 13.2 Å². The highest BCUT2D eigenvalue weighted by atomic mass is 16.5. The van der Waals surface area contributed by atoms with Crippen molar-refractivity contribution in [3.8, 4) is 0 Å². The Morgan fingerprint density at radius 3 is 2.67 bits per heavy atom. The molecule has 1 saturated carbocycles. The van der Waals surface area contributed by atoms with Gasteiger partial charge in [-0.3, -0.25) is 0 Å². The van der Waals surface area contributed by atoms with Gasteiger partial charge in [0.05, 0.1) is 6.10 Å². The molecule has 0 amide bonds. The largest absolute Gasteiger partial charge is 0.377 e. The molecule has 0 heterocycles. The molecule has 1 N–H and O–H groups in total. The molecular weight excluding hydrogens is 150 g/mol. The van der Waals surface area contributed by atoms with Crippen molar-refractivity contribution in [1.29, 1.82) is 0 Å². The van der Waals surface area contributed by atoms with E-state index in [4.69, 9.17) is 4.74 Å². The van der Waals surface area contributed by atoms with Gasteiger partial charge >= 0.3 is 0 Å². The molecule has 0 saturated heterocycles. The Balaban J connectivity index is 1.99. The van der Waals surface area contributed by atoms with Gasteiger partial charge in [-0.15, -0.1) is 0 Å². The molecule has 1 fully saturated rings. The highest BCUT2D eigenvalue weighted by Gasteiger charge is 2.15. The summed E-state index contributed by atoms with van der Waals surface area (Å²) < 4.78 is 5.70. The van der Waals surface area contributed by atoms with Crippen LogP contribution in [0.25, 0.3) is 0 Å². The third-order valence-corrected chi connectivity index (χ3v) is 2.58. The molecule has 1 atom stereocenters. The van der Waals surface area contributed by atoms with Crippen molar-refractivity contribution in [2.45, 2.75) is 38.7 Å². The summed E-state index contributed by atoms with van der Waals surface area (Å²) in [6.45, 7) is 4.07. The van der Waals surface area contributed by atoms with Crippen molar-refractivity contribution in [2.24, 2.45) is 5.92 Å². The van der Waals surface area contributed by atoms with E-state index in [0.29, 0.717) is 6.10 Å². The fourth-order valence-electron chi connectivity index (χ4n) is 1.82. The van der Waals surface area contributed by atoms with Crippen LogP contribution in [0.5, 0.6) is 0 Å². The molecule has 0 spiro atoms. The summed E-state index contributed by atoms with van der Waals surface area (Å²) in [5, 5.41) is 3.12. The average molecular weight is 171 g/mol. The van der Waals surface area contributed by atoms with Crippen LogP contribution in [-0.2, 0) is 4.74 Å². The van der Waals surface area contributed by atoms with E-state index in [9.17, 15) is 0 Å². The van der Waals surface area contributed by atoms with Crippen molar-refractivity contribution in [3.63, 3.8) is 0 Å². The number of ether oxygens (including phenoxy) is 1. The zero-order valence-corrected chi connectivity index (χ0v) is 8.31. The van der Waals surface area contributed by atoms with Crippen molar-refractivity contribution in [3.05, 3.63) is 0 Å². The summed E-state index contributed by atoms with van der Waals surface area (Å²) in [6.07, 6.45) is 5.96. The molecule has 12 heavy (non-hydrogen) atoms. The number of likely N-dealkylation sites (N-methyl/N-ethyl adjacent to an activating group) is 1. The van der Waals surface area contributed by atoms with Gasteiger partial charge in [0.15, 0.2) is 0 Å². The van der Waals surface area contributed by atoms with Crippen LogP contribution in [0, 0.1) is 5.92 Å². The third kappa shape index (κ3) is 3.55. The summed E-state index contributed by atoms with van der Waals surface area (Å²) in [4.78, 5) is 0. The molecule has 1 aliphatic rings. The quantitative estimate of drug-likeness (QED) is 0.681. The minimum absolute atomic E-state index is 0.371. The van der Waals surface area contributed by atoms with Crippen molar-refractivity contribution < 1.29 is 4.74 Å². The molecular formula is C10H21NO. The maximum Gasteiger partial charge on any atom is 0.0671 e. The maximum absolute atomic E-state index is 5.70. The minimum atomic E-state index is 0.371. The summed E-state index contributed by atoms with van der Waals surface area (Å²) in [5.74, 6) is 0.851.